The van der Waals surface area contributed by atoms with Gasteiger partial charge in [-0.1, -0.05) is 53.6 Å². The van der Waals surface area contributed by atoms with Gasteiger partial charge in [-0.2, -0.15) is 0 Å². The molecule has 0 radical (unpaired) electrons. The molecule has 2 aromatic carbocycles. The van der Waals surface area contributed by atoms with Gasteiger partial charge in [-0.3, -0.25) is 0 Å². The minimum absolute atomic E-state index is 0.848. The van der Waals surface area contributed by atoms with Crippen LogP contribution in [0.1, 0.15) is 11.1 Å². The van der Waals surface area contributed by atoms with Crippen LogP contribution < -0.4 is 10.6 Å². The van der Waals surface area contributed by atoms with E-state index in [1.165, 1.54) is 32.9 Å². The molecule has 0 saturated heterocycles. The van der Waals surface area contributed by atoms with E-state index in [1.807, 2.05) is 0 Å². The van der Waals surface area contributed by atoms with Crippen molar-refractivity contribution >= 4 is 27.8 Å². The van der Waals surface area contributed by atoms with Crippen molar-refractivity contribution in [3.8, 4) is 11.1 Å². The first kappa shape index (κ1) is 13.7. The van der Waals surface area contributed by atoms with Crippen molar-refractivity contribution in [3.63, 3.8) is 0 Å². The van der Waals surface area contributed by atoms with E-state index in [4.69, 9.17) is 0 Å². The van der Waals surface area contributed by atoms with Gasteiger partial charge >= 0.3 is 0 Å². The summed E-state index contributed by atoms with van der Waals surface area (Å²) in [5.74, 6) is 0. The van der Waals surface area contributed by atoms with Gasteiger partial charge in [0.1, 0.15) is 0 Å². The van der Waals surface area contributed by atoms with Crippen LogP contribution in [0.2, 0.25) is 0 Å². The van der Waals surface area contributed by atoms with Crippen molar-refractivity contribution in [1.82, 2.24) is 0 Å². The number of hydrogen-bond donors (Lipinski definition) is 0. The third-order valence-corrected chi connectivity index (χ3v) is 5.24. The predicted octanol–water partition coefficient (Wildman–Crippen LogP) is 3.84. The summed E-state index contributed by atoms with van der Waals surface area (Å²) in [5, 5.41) is 2.98. The van der Waals surface area contributed by atoms with E-state index in [1.54, 1.807) is 0 Å². The second-order valence-electron chi connectivity index (χ2n) is 4.49. The van der Waals surface area contributed by atoms with Gasteiger partial charge < -0.3 is 0 Å². The molecule has 2 aromatic rings. The molecule has 0 N–H and O–H groups in total. The van der Waals surface area contributed by atoms with Gasteiger partial charge in [0, 0.05) is 0 Å². The molecule has 0 aromatic heterocycles. The average molecular weight is 274 g/mol. The monoisotopic (exact) mass is 274 g/mol. The molecule has 0 spiro atoms. The minimum atomic E-state index is 0.848. The summed E-state index contributed by atoms with van der Waals surface area (Å²) in [6, 6.07) is 13.4. The molecule has 0 saturated carbocycles. The second kappa shape index (κ2) is 5.96. The molecule has 0 aliphatic rings. The second-order valence-corrected chi connectivity index (χ2v) is 6.57. The topological polar surface area (TPSA) is 0 Å². The molecule has 0 bridgehead atoms. The molecule has 18 heavy (non-hydrogen) atoms. The van der Waals surface area contributed by atoms with E-state index in [2.05, 4.69) is 63.6 Å². The highest BCUT2D eigenvalue weighted by Gasteiger charge is 2.12. The van der Waals surface area contributed by atoms with E-state index in [0.717, 1.165) is 17.2 Å². The quantitative estimate of drug-likeness (QED) is 0.746. The van der Waals surface area contributed by atoms with E-state index in [9.17, 15) is 0 Å². The highest BCUT2D eigenvalue weighted by atomic mass is 31.1. The van der Waals surface area contributed by atoms with Crippen LogP contribution in [0.5, 0.6) is 0 Å². The Labute approximate surface area is 114 Å². The highest BCUT2D eigenvalue weighted by molar-refractivity contribution is 7.47. The Balaban J connectivity index is 2.76. The van der Waals surface area contributed by atoms with E-state index < -0.39 is 0 Å². The fourth-order valence-electron chi connectivity index (χ4n) is 2.42. The molecule has 0 nitrogen and oxygen atoms in total. The SMILES string of the molecule is CPc1cccc(C)c1-c1c(C)cccc1PC. The Bertz CT molecular complexity index is 508. The zero-order valence-electron chi connectivity index (χ0n) is 11.5. The van der Waals surface area contributed by atoms with Crippen molar-refractivity contribution in [2.24, 2.45) is 0 Å². The molecule has 2 heteroatoms. The van der Waals surface area contributed by atoms with Gasteiger partial charge in [-0.15, -0.1) is 0 Å². The third kappa shape index (κ3) is 2.51. The van der Waals surface area contributed by atoms with Crippen LogP contribution in [0, 0.1) is 13.8 Å². The molecule has 0 aliphatic heterocycles. The summed E-state index contributed by atoms with van der Waals surface area (Å²) in [7, 11) is 1.70. The normalized spacial score (nSPS) is 12.0. The van der Waals surface area contributed by atoms with Crippen LogP contribution >= 0.6 is 17.2 Å². The molecule has 0 amide bonds. The first-order valence-electron chi connectivity index (χ1n) is 6.24. The van der Waals surface area contributed by atoms with Gasteiger partial charge in [0.05, 0.1) is 0 Å². The smallest absolute Gasteiger partial charge is 0.00715 e. The Kier molecular flexibility index (Phi) is 4.55. The highest BCUT2D eigenvalue weighted by Crippen LogP contribution is 2.29. The first-order chi connectivity index (χ1) is 8.69. The number of benzene rings is 2. The summed E-state index contributed by atoms with van der Waals surface area (Å²) in [6.45, 7) is 9.00. The van der Waals surface area contributed by atoms with Crippen molar-refractivity contribution in [2.75, 3.05) is 13.3 Å². The Morgan fingerprint density at radius 2 is 1.06 bits per heavy atom. The maximum atomic E-state index is 2.27. The summed E-state index contributed by atoms with van der Waals surface area (Å²) < 4.78 is 0. The lowest BCUT2D eigenvalue weighted by Gasteiger charge is -2.17. The summed E-state index contributed by atoms with van der Waals surface area (Å²) in [4.78, 5) is 0. The molecule has 2 atom stereocenters. The van der Waals surface area contributed by atoms with E-state index in [-0.39, 0.29) is 0 Å². The van der Waals surface area contributed by atoms with Gasteiger partial charge in [0.15, 0.2) is 0 Å². The maximum Gasteiger partial charge on any atom is -0.00715 e. The molecule has 0 heterocycles. The molecular formula is C16H20P2. The third-order valence-electron chi connectivity index (χ3n) is 3.33. The number of hydrogen-bond acceptors (Lipinski definition) is 0. The summed E-state index contributed by atoms with van der Waals surface area (Å²) >= 11 is 0. The van der Waals surface area contributed by atoms with Crippen molar-refractivity contribution < 1.29 is 0 Å². The predicted molar refractivity (Wildman–Crippen MR) is 89.1 cm³/mol. The lowest BCUT2D eigenvalue weighted by molar-refractivity contribution is 1.43. The average Bonchev–Trinajstić information content (AvgIpc) is 2.38. The van der Waals surface area contributed by atoms with Crippen LogP contribution in [0.25, 0.3) is 11.1 Å². The number of aryl methyl sites for hydroxylation is 2. The zero-order valence-corrected chi connectivity index (χ0v) is 13.5. The molecule has 2 rings (SSSR count). The summed E-state index contributed by atoms with van der Waals surface area (Å²) in [6.07, 6.45) is 0. The first-order valence-corrected chi connectivity index (χ1v) is 9.24. The zero-order chi connectivity index (χ0) is 13.1. The Hall–Kier alpha value is -0.700. The molecular weight excluding hydrogens is 254 g/mol. The lowest BCUT2D eigenvalue weighted by atomic mass is 9.96. The molecule has 2 unspecified atom stereocenters. The van der Waals surface area contributed by atoms with Gasteiger partial charge in [0.25, 0.3) is 0 Å². The van der Waals surface area contributed by atoms with Crippen LogP contribution in [0.15, 0.2) is 36.4 Å². The van der Waals surface area contributed by atoms with Crippen LogP contribution in [-0.2, 0) is 0 Å². The molecule has 0 aliphatic carbocycles. The van der Waals surface area contributed by atoms with Crippen molar-refractivity contribution in [2.45, 2.75) is 13.8 Å². The lowest BCUT2D eigenvalue weighted by Crippen LogP contribution is -2.10. The number of rotatable bonds is 3. The van der Waals surface area contributed by atoms with Gasteiger partial charge in [0.2, 0.25) is 0 Å². The van der Waals surface area contributed by atoms with Crippen molar-refractivity contribution in [3.05, 3.63) is 47.5 Å². The Morgan fingerprint density at radius 3 is 1.39 bits per heavy atom. The Morgan fingerprint density at radius 1 is 0.667 bits per heavy atom. The molecule has 94 valence electrons. The van der Waals surface area contributed by atoms with Crippen LogP contribution in [0.4, 0.5) is 0 Å². The van der Waals surface area contributed by atoms with Crippen LogP contribution in [0.3, 0.4) is 0 Å². The van der Waals surface area contributed by atoms with Crippen LogP contribution in [-0.4, -0.2) is 13.3 Å². The van der Waals surface area contributed by atoms with E-state index >= 15 is 0 Å². The maximum absolute atomic E-state index is 2.27. The molecule has 0 fully saturated rings. The van der Waals surface area contributed by atoms with Gasteiger partial charge in [-0.05, 0) is 60.0 Å². The van der Waals surface area contributed by atoms with Gasteiger partial charge in [-0.25, -0.2) is 0 Å². The van der Waals surface area contributed by atoms with Crippen molar-refractivity contribution in [1.29, 1.82) is 0 Å². The van der Waals surface area contributed by atoms with E-state index in [0.29, 0.717) is 0 Å². The largest absolute Gasteiger partial charge is 0.0929 e. The fourth-order valence-corrected chi connectivity index (χ4v) is 4.09. The standard InChI is InChI=1S/C16H20P2/c1-11-7-5-9-13(17-3)15(11)16-12(2)8-6-10-14(16)18-4/h5-10,17-18H,1-4H3. The fraction of sp³-hybridized carbons (Fsp3) is 0.250. The summed E-state index contributed by atoms with van der Waals surface area (Å²) in [5.41, 5.74) is 5.74. The minimum Gasteiger partial charge on any atom is -0.0929 e.